The van der Waals surface area contributed by atoms with Gasteiger partial charge in [0, 0.05) is 0 Å². The van der Waals surface area contributed by atoms with E-state index in [1.165, 1.54) is 6.66 Å². The van der Waals surface area contributed by atoms with E-state index < -0.39 is 8.03 Å². The van der Waals surface area contributed by atoms with Crippen molar-refractivity contribution in [2.24, 2.45) is 0 Å². The van der Waals surface area contributed by atoms with E-state index in [-0.39, 0.29) is 21.6 Å². The van der Waals surface area contributed by atoms with Crippen molar-refractivity contribution in [1.82, 2.24) is 0 Å². The molecule has 0 aliphatic rings. The van der Waals surface area contributed by atoms with Crippen molar-refractivity contribution in [2.45, 2.75) is 21.8 Å². The van der Waals surface area contributed by atoms with Crippen molar-refractivity contribution in [2.75, 3.05) is 26.7 Å². The molecule has 0 radical (unpaired) electrons. The summed E-state index contributed by atoms with van der Waals surface area (Å²) in [6, 6.07) is 0. The molecule has 86 valence electrons. The molecule has 0 heterocycles. The van der Waals surface area contributed by atoms with Gasteiger partial charge in [0.25, 0.3) is 0 Å². The Balaban J connectivity index is -0.000000605. The van der Waals surface area contributed by atoms with Gasteiger partial charge in [0.05, 0.1) is 12.4 Å². The highest BCUT2D eigenvalue weighted by molar-refractivity contribution is 7.38. The largest absolute Gasteiger partial charge is 0.504 e. The van der Waals surface area contributed by atoms with Crippen molar-refractivity contribution in [3.8, 4) is 0 Å². The molecule has 14 heavy (non-hydrogen) atoms. The first kappa shape index (κ1) is 19.2. The highest BCUT2D eigenvalue weighted by atomic mass is 31.1. The molecule has 1 atom stereocenters. The predicted octanol–water partition coefficient (Wildman–Crippen LogP) is 3.17. The molecule has 1 unspecified atom stereocenters. The molecule has 0 aromatic carbocycles. The topological polar surface area (TPSA) is 44.8 Å². The third kappa shape index (κ3) is 17.6. The van der Waals surface area contributed by atoms with Crippen LogP contribution in [0.1, 0.15) is 21.8 Å². The summed E-state index contributed by atoms with van der Waals surface area (Å²) >= 11 is 0. The van der Waals surface area contributed by atoms with Gasteiger partial charge in [-0.3, -0.25) is 0 Å². The molecule has 5 heteroatoms. The van der Waals surface area contributed by atoms with Gasteiger partial charge in [0.1, 0.15) is 6.61 Å². The molecule has 0 aliphatic carbocycles. The molecule has 0 fully saturated rings. The number of rotatable bonds is 7. The minimum absolute atomic E-state index is 0. The maximum atomic E-state index is 10.4. The van der Waals surface area contributed by atoms with E-state index in [2.05, 4.69) is 6.58 Å². The summed E-state index contributed by atoms with van der Waals surface area (Å²) in [7, 11) is -1.52. The molecule has 0 amide bonds. The Bertz CT molecular complexity index is 141. The van der Waals surface area contributed by atoms with Crippen molar-refractivity contribution in [3.63, 3.8) is 0 Å². The van der Waals surface area contributed by atoms with E-state index in [1.807, 2.05) is 0 Å². The fourth-order valence-electron chi connectivity index (χ4n) is 0.426. The molecule has 0 bridgehead atoms. The van der Waals surface area contributed by atoms with E-state index in [9.17, 15) is 4.57 Å². The van der Waals surface area contributed by atoms with Gasteiger partial charge in [0.15, 0.2) is 13.5 Å². The molecule has 0 aliphatic heterocycles. The van der Waals surface area contributed by atoms with Gasteiger partial charge in [-0.05, 0) is 11.5 Å². The molecule has 0 rings (SSSR count). The molecule has 0 aromatic heterocycles. The van der Waals surface area contributed by atoms with Crippen LogP contribution in [0.2, 0.25) is 0 Å². The summed E-state index contributed by atoms with van der Waals surface area (Å²) in [6.45, 7) is 7.63. The molecule has 0 spiro atoms. The second kappa shape index (κ2) is 12.6. The van der Waals surface area contributed by atoms with Gasteiger partial charge in [-0.15, -0.1) is 4.52 Å². The summed E-state index contributed by atoms with van der Waals surface area (Å²) in [4.78, 5) is 0. The van der Waals surface area contributed by atoms with Gasteiger partial charge in [-0.25, -0.2) is 0 Å². The lowest BCUT2D eigenvalue weighted by molar-refractivity contribution is -0.0305. The summed E-state index contributed by atoms with van der Waals surface area (Å²) in [5.41, 5.74) is 0. The number of hydrogen-bond acceptors (Lipinski definition) is 4. The highest BCUT2D eigenvalue weighted by Crippen LogP contribution is 2.13. The van der Waals surface area contributed by atoms with Crippen molar-refractivity contribution in [3.05, 3.63) is 12.3 Å². The Morgan fingerprint density at radius 2 is 1.93 bits per heavy atom. The molecule has 0 N–H and O–H groups in total. The van der Waals surface area contributed by atoms with Gasteiger partial charge in [0.2, 0.25) is 0 Å². The molecule has 0 saturated heterocycles. The smallest absolute Gasteiger partial charge is 0.473 e. The summed E-state index contributed by atoms with van der Waals surface area (Å²) < 4.78 is 25.0. The fourth-order valence-corrected chi connectivity index (χ4v) is 0.758. The van der Waals surface area contributed by atoms with Crippen molar-refractivity contribution in [1.29, 1.82) is 0 Å². The van der Waals surface area contributed by atoms with Gasteiger partial charge < -0.3 is 9.47 Å². The highest BCUT2D eigenvalue weighted by Gasteiger charge is 2.04. The average molecular weight is 225 g/mol. The summed E-state index contributed by atoms with van der Waals surface area (Å²) in [5, 5.41) is 0. The quantitative estimate of drug-likeness (QED) is 0.289. The molecule has 0 aromatic rings. The van der Waals surface area contributed by atoms with Crippen LogP contribution in [0.25, 0.3) is 0 Å². The zero-order valence-corrected chi connectivity index (χ0v) is 8.30. The zero-order chi connectivity index (χ0) is 9.40. The minimum atomic E-state index is -1.52. The standard InChI is InChI=1S/C7H14O4P.2CH4/c1-7(2)10-6-9-4-5-11-12(3)8;;/h1,4-6H2,2-3H3;2*1H4/q+1;;. The molecular formula is C9H22O4P+. The number of allylic oxidation sites excluding steroid dienone is 1. The minimum Gasteiger partial charge on any atom is -0.473 e. The Morgan fingerprint density at radius 1 is 1.36 bits per heavy atom. The summed E-state index contributed by atoms with van der Waals surface area (Å²) in [5.74, 6) is 0.609. The van der Waals surface area contributed by atoms with E-state index in [4.69, 9.17) is 14.0 Å². The molecule has 4 nitrogen and oxygen atoms in total. The van der Waals surface area contributed by atoms with E-state index >= 15 is 0 Å². The monoisotopic (exact) mass is 225 g/mol. The second-order valence-electron chi connectivity index (χ2n) is 2.15. The van der Waals surface area contributed by atoms with Crippen LogP contribution in [0, 0.1) is 0 Å². The first-order valence-corrected chi connectivity index (χ1v) is 5.15. The van der Waals surface area contributed by atoms with Crippen molar-refractivity contribution < 1.29 is 18.6 Å². The van der Waals surface area contributed by atoms with Gasteiger partial charge in [-0.1, -0.05) is 21.4 Å². The molecular weight excluding hydrogens is 203 g/mol. The van der Waals surface area contributed by atoms with E-state index in [1.54, 1.807) is 6.92 Å². The number of hydrogen-bond donors (Lipinski definition) is 0. The summed E-state index contributed by atoms with van der Waals surface area (Å²) in [6.07, 6.45) is 0. The van der Waals surface area contributed by atoms with Crippen LogP contribution in [0.3, 0.4) is 0 Å². The zero-order valence-electron chi connectivity index (χ0n) is 7.41. The van der Waals surface area contributed by atoms with Crippen LogP contribution in [0.4, 0.5) is 0 Å². The Kier molecular flexibility index (Phi) is 17.2. The lowest BCUT2D eigenvalue weighted by atomic mass is 10.7. The first-order chi connectivity index (χ1) is 5.63. The van der Waals surface area contributed by atoms with E-state index in [0.29, 0.717) is 19.0 Å². The van der Waals surface area contributed by atoms with Crippen LogP contribution >= 0.6 is 8.03 Å². The van der Waals surface area contributed by atoms with Crippen LogP contribution in [-0.4, -0.2) is 26.7 Å². The maximum Gasteiger partial charge on any atom is 0.504 e. The van der Waals surface area contributed by atoms with E-state index in [0.717, 1.165) is 0 Å². The first-order valence-electron chi connectivity index (χ1n) is 3.52. The SMILES string of the molecule is C.C.C=C(C)OCOCCO[P+](C)=O. The lowest BCUT2D eigenvalue weighted by Gasteiger charge is -2.03. The van der Waals surface area contributed by atoms with Crippen molar-refractivity contribution >= 4 is 8.03 Å². The van der Waals surface area contributed by atoms with Crippen LogP contribution in [-0.2, 0) is 18.6 Å². The number of ether oxygens (including phenoxy) is 2. The Morgan fingerprint density at radius 3 is 2.36 bits per heavy atom. The second-order valence-corrected chi connectivity index (χ2v) is 3.28. The predicted molar refractivity (Wildman–Crippen MR) is 59.7 cm³/mol. The van der Waals surface area contributed by atoms with Gasteiger partial charge in [-0.2, -0.15) is 0 Å². The third-order valence-corrected chi connectivity index (χ3v) is 1.44. The lowest BCUT2D eigenvalue weighted by Crippen LogP contribution is -2.04. The van der Waals surface area contributed by atoms with Crippen LogP contribution in [0.5, 0.6) is 0 Å². The molecule has 0 saturated carbocycles. The van der Waals surface area contributed by atoms with Gasteiger partial charge >= 0.3 is 8.03 Å². The Hall–Kier alpha value is -0.440. The third-order valence-electron chi connectivity index (χ3n) is 0.889. The normalized spacial score (nSPS) is 9.43. The maximum absolute atomic E-state index is 10.4. The van der Waals surface area contributed by atoms with Crippen LogP contribution < -0.4 is 0 Å². The fraction of sp³-hybridized carbons (Fsp3) is 0.778. The average Bonchev–Trinajstić information content (AvgIpc) is 1.95. The van der Waals surface area contributed by atoms with Crippen LogP contribution in [0.15, 0.2) is 12.3 Å². The Labute approximate surface area is 88.1 Å².